The van der Waals surface area contributed by atoms with Crippen molar-refractivity contribution in [2.75, 3.05) is 37.4 Å². The predicted octanol–water partition coefficient (Wildman–Crippen LogP) is 1.97. The molecule has 2 aromatic heterocycles. The molecule has 1 atom stereocenters. The number of nitrogen functional groups attached to an aromatic ring is 1. The molecule has 3 rings (SSSR count). The molecule has 1 fully saturated rings. The molecular formula is C17H26N6O. The minimum atomic E-state index is 0.332. The van der Waals surface area contributed by atoms with Gasteiger partial charge in [0.1, 0.15) is 5.82 Å². The molecule has 3 heterocycles. The zero-order valence-corrected chi connectivity index (χ0v) is 14.7. The van der Waals surface area contributed by atoms with E-state index < -0.39 is 0 Å². The molecule has 2 aromatic rings. The highest BCUT2D eigenvalue weighted by Gasteiger charge is 2.21. The lowest BCUT2D eigenvalue weighted by Gasteiger charge is -2.20. The first-order chi connectivity index (χ1) is 11.5. The Kier molecular flexibility index (Phi) is 4.99. The van der Waals surface area contributed by atoms with Crippen molar-refractivity contribution in [3.8, 4) is 0 Å². The third-order valence-electron chi connectivity index (χ3n) is 4.69. The fourth-order valence-corrected chi connectivity index (χ4v) is 3.19. The molecule has 3 N–H and O–H groups in total. The van der Waals surface area contributed by atoms with Crippen molar-refractivity contribution in [2.24, 2.45) is 0 Å². The fourth-order valence-electron chi connectivity index (χ4n) is 3.19. The lowest BCUT2D eigenvalue weighted by Crippen LogP contribution is -2.22. The second kappa shape index (κ2) is 7.17. The van der Waals surface area contributed by atoms with Crippen LogP contribution in [0, 0.1) is 13.8 Å². The standard InChI is InChI=1S/C17H26N6O/c1-11-14(12(2)22-21-11)5-4-7-23(3)16-9-15(19-17(18)20-16)13-6-8-24-10-13/h9,13H,4-8,10H2,1-3H3,(H,21,22)(H2,18,19,20). The number of aromatic amines is 1. The number of ether oxygens (including phenoxy) is 1. The van der Waals surface area contributed by atoms with Gasteiger partial charge < -0.3 is 15.4 Å². The van der Waals surface area contributed by atoms with E-state index in [1.165, 1.54) is 5.56 Å². The molecule has 0 aliphatic carbocycles. The number of hydrogen-bond donors (Lipinski definition) is 2. The largest absolute Gasteiger partial charge is 0.381 e. The maximum absolute atomic E-state index is 5.91. The van der Waals surface area contributed by atoms with Crippen LogP contribution in [0.15, 0.2) is 6.07 Å². The van der Waals surface area contributed by atoms with Gasteiger partial charge in [-0.1, -0.05) is 0 Å². The summed E-state index contributed by atoms with van der Waals surface area (Å²) < 4.78 is 5.46. The summed E-state index contributed by atoms with van der Waals surface area (Å²) >= 11 is 0. The molecule has 0 radical (unpaired) electrons. The Balaban J connectivity index is 1.63. The van der Waals surface area contributed by atoms with Crippen LogP contribution in [-0.2, 0) is 11.2 Å². The highest BCUT2D eigenvalue weighted by Crippen LogP contribution is 2.26. The van der Waals surface area contributed by atoms with Gasteiger partial charge >= 0.3 is 0 Å². The normalized spacial score (nSPS) is 17.4. The number of nitrogens with two attached hydrogens (primary N) is 1. The van der Waals surface area contributed by atoms with Gasteiger partial charge in [0, 0.05) is 37.9 Å². The van der Waals surface area contributed by atoms with E-state index in [4.69, 9.17) is 10.5 Å². The van der Waals surface area contributed by atoms with Gasteiger partial charge in [0.15, 0.2) is 0 Å². The zero-order chi connectivity index (χ0) is 17.1. The number of aromatic nitrogens is 4. The first-order valence-corrected chi connectivity index (χ1v) is 8.48. The van der Waals surface area contributed by atoms with Gasteiger partial charge in [-0.25, -0.2) is 4.98 Å². The third-order valence-corrected chi connectivity index (χ3v) is 4.69. The summed E-state index contributed by atoms with van der Waals surface area (Å²) in [5, 5.41) is 7.29. The molecule has 24 heavy (non-hydrogen) atoms. The van der Waals surface area contributed by atoms with E-state index in [9.17, 15) is 0 Å². The number of aryl methyl sites for hydroxylation is 2. The Morgan fingerprint density at radius 3 is 2.88 bits per heavy atom. The topological polar surface area (TPSA) is 93.0 Å². The Bertz CT molecular complexity index is 673. The molecule has 130 valence electrons. The average molecular weight is 330 g/mol. The number of H-pyrrole nitrogens is 1. The molecule has 7 nitrogen and oxygen atoms in total. The van der Waals surface area contributed by atoms with Gasteiger partial charge in [-0.15, -0.1) is 0 Å². The van der Waals surface area contributed by atoms with Gasteiger partial charge in [0.05, 0.1) is 18.0 Å². The monoisotopic (exact) mass is 330 g/mol. The van der Waals surface area contributed by atoms with Crippen LogP contribution < -0.4 is 10.6 Å². The highest BCUT2D eigenvalue weighted by molar-refractivity contribution is 5.43. The molecule has 0 spiro atoms. The van der Waals surface area contributed by atoms with Crippen molar-refractivity contribution in [3.63, 3.8) is 0 Å². The van der Waals surface area contributed by atoms with Crippen LogP contribution >= 0.6 is 0 Å². The van der Waals surface area contributed by atoms with Crippen LogP contribution in [0.5, 0.6) is 0 Å². The second-order valence-corrected chi connectivity index (χ2v) is 6.51. The maximum Gasteiger partial charge on any atom is 0.222 e. The third kappa shape index (κ3) is 3.67. The first kappa shape index (κ1) is 16.7. The van der Waals surface area contributed by atoms with Crippen molar-refractivity contribution >= 4 is 11.8 Å². The zero-order valence-electron chi connectivity index (χ0n) is 14.7. The van der Waals surface area contributed by atoms with Gasteiger partial charge in [-0.3, -0.25) is 5.10 Å². The van der Waals surface area contributed by atoms with E-state index in [0.29, 0.717) is 11.9 Å². The first-order valence-electron chi connectivity index (χ1n) is 8.48. The second-order valence-electron chi connectivity index (χ2n) is 6.51. The van der Waals surface area contributed by atoms with E-state index in [1.807, 2.05) is 20.0 Å². The quantitative estimate of drug-likeness (QED) is 0.841. The smallest absolute Gasteiger partial charge is 0.222 e. The lowest BCUT2D eigenvalue weighted by atomic mass is 10.0. The van der Waals surface area contributed by atoms with Crippen LogP contribution in [0.2, 0.25) is 0 Å². The van der Waals surface area contributed by atoms with E-state index in [1.54, 1.807) is 0 Å². The van der Waals surface area contributed by atoms with Crippen LogP contribution in [0.25, 0.3) is 0 Å². The summed E-state index contributed by atoms with van der Waals surface area (Å²) in [6.45, 7) is 6.53. The van der Waals surface area contributed by atoms with Crippen molar-refractivity contribution in [1.29, 1.82) is 0 Å². The Morgan fingerprint density at radius 2 is 2.21 bits per heavy atom. The van der Waals surface area contributed by atoms with E-state index in [-0.39, 0.29) is 0 Å². The van der Waals surface area contributed by atoms with Crippen molar-refractivity contribution < 1.29 is 4.74 Å². The van der Waals surface area contributed by atoms with E-state index in [0.717, 1.165) is 61.9 Å². The summed E-state index contributed by atoms with van der Waals surface area (Å²) in [5.74, 6) is 1.55. The molecule has 1 saturated heterocycles. The number of nitrogens with one attached hydrogen (secondary N) is 1. The summed E-state index contributed by atoms with van der Waals surface area (Å²) in [5.41, 5.74) is 10.5. The number of hydrogen-bond acceptors (Lipinski definition) is 6. The van der Waals surface area contributed by atoms with Crippen LogP contribution in [-0.4, -0.2) is 47.0 Å². The van der Waals surface area contributed by atoms with Crippen molar-refractivity contribution in [3.05, 3.63) is 28.7 Å². The summed E-state index contributed by atoms with van der Waals surface area (Å²) in [6.07, 6.45) is 3.03. The molecule has 0 amide bonds. The Morgan fingerprint density at radius 1 is 1.38 bits per heavy atom. The molecule has 1 aliphatic heterocycles. The Labute approximate surface area is 142 Å². The minimum absolute atomic E-state index is 0.332. The number of rotatable bonds is 6. The SMILES string of the molecule is Cc1n[nH]c(C)c1CCCN(C)c1cc(C2CCOC2)nc(N)n1. The number of nitrogens with zero attached hydrogens (tertiary/aromatic N) is 4. The summed E-state index contributed by atoms with van der Waals surface area (Å²) in [4.78, 5) is 10.9. The maximum atomic E-state index is 5.91. The highest BCUT2D eigenvalue weighted by atomic mass is 16.5. The molecule has 0 bridgehead atoms. The molecular weight excluding hydrogens is 304 g/mol. The Hall–Kier alpha value is -2.15. The van der Waals surface area contributed by atoms with Crippen LogP contribution in [0.3, 0.4) is 0 Å². The van der Waals surface area contributed by atoms with Crippen LogP contribution in [0.4, 0.5) is 11.8 Å². The van der Waals surface area contributed by atoms with Gasteiger partial charge in [-0.05, 0) is 38.7 Å². The minimum Gasteiger partial charge on any atom is -0.381 e. The van der Waals surface area contributed by atoms with E-state index in [2.05, 4.69) is 32.0 Å². The van der Waals surface area contributed by atoms with E-state index >= 15 is 0 Å². The van der Waals surface area contributed by atoms with Gasteiger partial charge in [0.2, 0.25) is 5.95 Å². The van der Waals surface area contributed by atoms with Gasteiger partial charge in [-0.2, -0.15) is 10.1 Å². The predicted molar refractivity (Wildman–Crippen MR) is 94.3 cm³/mol. The molecule has 7 heteroatoms. The molecule has 0 saturated carbocycles. The van der Waals surface area contributed by atoms with Crippen LogP contribution in [0.1, 0.15) is 41.4 Å². The summed E-state index contributed by atoms with van der Waals surface area (Å²) in [6, 6.07) is 2.05. The summed E-state index contributed by atoms with van der Waals surface area (Å²) in [7, 11) is 2.05. The number of anilines is 2. The fraction of sp³-hybridized carbons (Fsp3) is 0.588. The lowest BCUT2D eigenvalue weighted by molar-refractivity contribution is 0.193. The van der Waals surface area contributed by atoms with Crippen molar-refractivity contribution in [1.82, 2.24) is 20.2 Å². The van der Waals surface area contributed by atoms with Gasteiger partial charge in [0.25, 0.3) is 0 Å². The molecule has 0 aromatic carbocycles. The van der Waals surface area contributed by atoms with Crippen molar-refractivity contribution in [2.45, 2.75) is 39.0 Å². The average Bonchev–Trinajstić information content (AvgIpc) is 3.19. The molecule has 1 unspecified atom stereocenters. The molecule has 1 aliphatic rings.